The lowest BCUT2D eigenvalue weighted by Gasteiger charge is -2.32. The molecule has 1 aromatic rings. The average Bonchev–Trinajstić information content (AvgIpc) is 2.85. The number of carbonyl (C=O) groups excluding carboxylic acids is 1. The van der Waals surface area contributed by atoms with Crippen molar-refractivity contribution in [2.45, 2.75) is 12.1 Å². The Labute approximate surface area is 114 Å². The minimum Gasteiger partial charge on any atom is -0.480 e. The summed E-state index contributed by atoms with van der Waals surface area (Å²) in [7, 11) is 0. The lowest BCUT2D eigenvalue weighted by atomic mass is 10.2. The average molecular weight is 281 g/mol. The molecule has 1 aromatic heterocycles. The normalized spacial score (nSPS) is 23.4. The Kier molecular flexibility index (Phi) is 3.36. The van der Waals surface area contributed by atoms with Crippen LogP contribution in [0.2, 0.25) is 0 Å². The molecule has 2 saturated heterocycles. The lowest BCUT2D eigenvalue weighted by Crippen LogP contribution is -2.52. The molecule has 0 radical (unpaired) electrons. The molecule has 1 atom stereocenters. The second-order valence-corrected chi connectivity index (χ2v) is 4.82. The molecule has 0 aliphatic carbocycles. The van der Waals surface area contributed by atoms with E-state index in [2.05, 4.69) is 15.6 Å². The SMILES string of the molecule is O=C(O)C1COCCN1C(=O)c1cn(C2CNC2)nn1. The number of carboxylic acids is 1. The number of hydrogen-bond donors (Lipinski definition) is 2. The minimum absolute atomic E-state index is 0.00174. The molecule has 0 aromatic carbocycles. The molecule has 2 aliphatic heterocycles. The van der Waals surface area contributed by atoms with Crippen molar-refractivity contribution in [1.29, 1.82) is 0 Å². The summed E-state index contributed by atoms with van der Waals surface area (Å²) in [5, 5.41) is 20.0. The van der Waals surface area contributed by atoms with Crippen LogP contribution in [-0.4, -0.2) is 75.8 Å². The monoisotopic (exact) mass is 281 g/mol. The first-order valence-electron chi connectivity index (χ1n) is 6.41. The van der Waals surface area contributed by atoms with Crippen molar-refractivity contribution in [2.75, 3.05) is 32.8 Å². The standard InChI is InChI=1S/C11H15N5O4/c17-10(15-1-2-20-6-9(15)11(18)19)8-5-16(14-13-8)7-3-12-4-7/h5,7,9,12H,1-4,6H2,(H,18,19). The molecule has 2 fully saturated rings. The largest absolute Gasteiger partial charge is 0.480 e. The minimum atomic E-state index is -1.08. The van der Waals surface area contributed by atoms with Crippen molar-refractivity contribution in [3.05, 3.63) is 11.9 Å². The zero-order chi connectivity index (χ0) is 14.1. The van der Waals surface area contributed by atoms with E-state index in [1.54, 1.807) is 10.9 Å². The van der Waals surface area contributed by atoms with E-state index in [1.807, 2.05) is 0 Å². The zero-order valence-electron chi connectivity index (χ0n) is 10.7. The summed E-state index contributed by atoms with van der Waals surface area (Å²) in [6.07, 6.45) is 1.57. The Morgan fingerprint density at radius 1 is 1.45 bits per heavy atom. The van der Waals surface area contributed by atoms with E-state index >= 15 is 0 Å². The number of hydrogen-bond acceptors (Lipinski definition) is 6. The van der Waals surface area contributed by atoms with E-state index in [4.69, 9.17) is 9.84 Å². The molecule has 3 heterocycles. The Morgan fingerprint density at radius 3 is 2.90 bits per heavy atom. The van der Waals surface area contributed by atoms with E-state index in [9.17, 15) is 9.59 Å². The first-order chi connectivity index (χ1) is 9.66. The van der Waals surface area contributed by atoms with Gasteiger partial charge in [0.2, 0.25) is 0 Å². The Bertz CT molecular complexity index is 527. The van der Waals surface area contributed by atoms with Gasteiger partial charge in [0.15, 0.2) is 11.7 Å². The summed E-state index contributed by atoms with van der Waals surface area (Å²) >= 11 is 0. The first kappa shape index (κ1) is 13.0. The van der Waals surface area contributed by atoms with Gasteiger partial charge in [-0.05, 0) is 0 Å². The number of ether oxygens (including phenoxy) is 1. The van der Waals surface area contributed by atoms with Gasteiger partial charge in [-0.3, -0.25) is 4.79 Å². The highest BCUT2D eigenvalue weighted by Gasteiger charge is 2.34. The Balaban J connectivity index is 1.76. The van der Waals surface area contributed by atoms with Crippen molar-refractivity contribution in [2.24, 2.45) is 0 Å². The number of aliphatic carboxylic acids is 1. The fourth-order valence-corrected chi connectivity index (χ4v) is 2.21. The van der Waals surface area contributed by atoms with E-state index < -0.39 is 17.9 Å². The molecular weight excluding hydrogens is 266 g/mol. The van der Waals surface area contributed by atoms with E-state index in [0.717, 1.165) is 13.1 Å². The summed E-state index contributed by atoms with van der Waals surface area (Å²) in [4.78, 5) is 24.8. The fraction of sp³-hybridized carbons (Fsp3) is 0.636. The van der Waals surface area contributed by atoms with Crippen LogP contribution in [-0.2, 0) is 9.53 Å². The van der Waals surface area contributed by atoms with Gasteiger partial charge in [0.1, 0.15) is 0 Å². The highest BCUT2D eigenvalue weighted by atomic mass is 16.5. The number of nitrogens with one attached hydrogen (secondary N) is 1. The van der Waals surface area contributed by atoms with Crippen molar-refractivity contribution in [3.8, 4) is 0 Å². The van der Waals surface area contributed by atoms with Gasteiger partial charge in [-0.1, -0.05) is 5.21 Å². The Morgan fingerprint density at radius 2 is 2.25 bits per heavy atom. The van der Waals surface area contributed by atoms with Crippen LogP contribution in [0, 0.1) is 0 Å². The van der Waals surface area contributed by atoms with Gasteiger partial charge in [0.05, 0.1) is 25.5 Å². The van der Waals surface area contributed by atoms with Gasteiger partial charge < -0.3 is 20.1 Å². The topological polar surface area (TPSA) is 110 Å². The van der Waals surface area contributed by atoms with Crippen LogP contribution in [0.5, 0.6) is 0 Å². The molecule has 2 N–H and O–H groups in total. The van der Waals surface area contributed by atoms with Crippen LogP contribution in [0.15, 0.2) is 6.20 Å². The maximum absolute atomic E-state index is 12.3. The van der Waals surface area contributed by atoms with E-state index in [-0.39, 0.29) is 24.9 Å². The number of carboxylic acid groups (broad SMARTS) is 1. The fourth-order valence-electron chi connectivity index (χ4n) is 2.21. The van der Waals surface area contributed by atoms with Crippen LogP contribution in [0.1, 0.15) is 16.5 Å². The van der Waals surface area contributed by atoms with Gasteiger partial charge in [-0.2, -0.15) is 0 Å². The third kappa shape index (κ3) is 2.25. The van der Waals surface area contributed by atoms with E-state index in [1.165, 1.54) is 4.90 Å². The molecule has 3 rings (SSSR count). The molecule has 0 saturated carbocycles. The van der Waals surface area contributed by atoms with E-state index in [0.29, 0.717) is 6.61 Å². The summed E-state index contributed by atoms with van der Waals surface area (Å²) < 4.78 is 6.74. The molecular formula is C11H15N5O4. The summed E-state index contributed by atoms with van der Waals surface area (Å²) in [5.74, 6) is -1.49. The molecule has 1 amide bonds. The zero-order valence-corrected chi connectivity index (χ0v) is 10.7. The number of rotatable bonds is 3. The molecule has 0 spiro atoms. The van der Waals surface area contributed by atoms with Crippen LogP contribution in [0.3, 0.4) is 0 Å². The number of carbonyl (C=O) groups is 2. The summed E-state index contributed by atoms with van der Waals surface area (Å²) in [6.45, 7) is 2.17. The third-order valence-electron chi connectivity index (χ3n) is 3.54. The quantitative estimate of drug-likeness (QED) is 0.683. The van der Waals surface area contributed by atoms with Gasteiger partial charge >= 0.3 is 5.97 Å². The van der Waals surface area contributed by atoms with Crippen molar-refractivity contribution in [1.82, 2.24) is 25.2 Å². The van der Waals surface area contributed by atoms with Gasteiger partial charge in [0, 0.05) is 19.6 Å². The number of amides is 1. The number of morpholine rings is 1. The predicted octanol–water partition coefficient (Wildman–Crippen LogP) is -1.65. The van der Waals surface area contributed by atoms with Gasteiger partial charge in [0.25, 0.3) is 5.91 Å². The Hall–Kier alpha value is -2.00. The maximum Gasteiger partial charge on any atom is 0.328 e. The summed E-state index contributed by atoms with van der Waals surface area (Å²) in [6, 6.07) is -0.754. The van der Waals surface area contributed by atoms with Crippen LogP contribution >= 0.6 is 0 Å². The predicted molar refractivity (Wildman–Crippen MR) is 65.2 cm³/mol. The first-order valence-corrected chi connectivity index (χ1v) is 6.41. The second-order valence-electron chi connectivity index (χ2n) is 4.82. The maximum atomic E-state index is 12.3. The van der Waals surface area contributed by atoms with Crippen molar-refractivity contribution in [3.63, 3.8) is 0 Å². The second kappa shape index (κ2) is 5.17. The highest BCUT2D eigenvalue weighted by molar-refractivity contribution is 5.94. The smallest absolute Gasteiger partial charge is 0.328 e. The lowest BCUT2D eigenvalue weighted by molar-refractivity contribution is -0.147. The molecule has 2 aliphatic rings. The van der Waals surface area contributed by atoms with Crippen LogP contribution < -0.4 is 5.32 Å². The number of nitrogens with zero attached hydrogens (tertiary/aromatic N) is 4. The van der Waals surface area contributed by atoms with Crippen LogP contribution in [0.4, 0.5) is 0 Å². The van der Waals surface area contributed by atoms with Gasteiger partial charge in [-0.25, -0.2) is 9.48 Å². The number of aromatic nitrogens is 3. The van der Waals surface area contributed by atoms with Crippen molar-refractivity contribution >= 4 is 11.9 Å². The third-order valence-corrected chi connectivity index (χ3v) is 3.54. The van der Waals surface area contributed by atoms with Crippen LogP contribution in [0.25, 0.3) is 0 Å². The van der Waals surface area contributed by atoms with Gasteiger partial charge in [-0.15, -0.1) is 5.10 Å². The molecule has 0 bridgehead atoms. The van der Waals surface area contributed by atoms with Crippen molar-refractivity contribution < 1.29 is 19.4 Å². The molecule has 9 heteroatoms. The highest BCUT2D eigenvalue weighted by Crippen LogP contribution is 2.14. The molecule has 108 valence electrons. The molecule has 9 nitrogen and oxygen atoms in total. The molecule has 20 heavy (non-hydrogen) atoms. The molecule has 1 unspecified atom stereocenters. The summed E-state index contributed by atoms with van der Waals surface area (Å²) in [5.41, 5.74) is 0.171.